The quantitative estimate of drug-likeness (QED) is 0.455. The standard InChI is InChI=1S/C15H15IN2O3/c1-21-10-12-4-2-3-11(7-12)9-17-14-6-5-13(16)8-15(14)18(19)20/h2-8,17H,9-10H2,1H3. The van der Waals surface area contributed by atoms with Gasteiger partial charge >= 0.3 is 0 Å². The van der Waals surface area contributed by atoms with Crippen LogP contribution in [0.1, 0.15) is 11.1 Å². The van der Waals surface area contributed by atoms with Crippen LogP contribution in [0, 0.1) is 13.7 Å². The summed E-state index contributed by atoms with van der Waals surface area (Å²) in [5, 5.41) is 14.2. The summed E-state index contributed by atoms with van der Waals surface area (Å²) in [6, 6.07) is 13.1. The van der Waals surface area contributed by atoms with E-state index in [1.807, 2.05) is 30.3 Å². The molecule has 0 atom stereocenters. The van der Waals surface area contributed by atoms with Crippen molar-refractivity contribution in [2.45, 2.75) is 13.2 Å². The highest BCUT2D eigenvalue weighted by Gasteiger charge is 2.13. The Balaban J connectivity index is 2.13. The van der Waals surface area contributed by atoms with Gasteiger partial charge in [0.05, 0.1) is 11.5 Å². The maximum Gasteiger partial charge on any atom is 0.293 e. The monoisotopic (exact) mass is 398 g/mol. The van der Waals surface area contributed by atoms with Gasteiger partial charge in [-0.15, -0.1) is 0 Å². The number of hydrogen-bond donors (Lipinski definition) is 1. The van der Waals surface area contributed by atoms with Crippen LogP contribution < -0.4 is 5.32 Å². The molecule has 110 valence electrons. The number of methoxy groups -OCH3 is 1. The minimum absolute atomic E-state index is 0.0925. The lowest BCUT2D eigenvalue weighted by Gasteiger charge is -2.09. The van der Waals surface area contributed by atoms with Gasteiger partial charge in [-0.1, -0.05) is 24.3 Å². The molecule has 0 aromatic heterocycles. The first-order valence-electron chi connectivity index (χ1n) is 6.34. The number of rotatable bonds is 6. The molecule has 0 aliphatic heterocycles. The molecule has 2 aromatic rings. The number of nitro groups is 1. The van der Waals surface area contributed by atoms with Crippen molar-refractivity contribution in [3.8, 4) is 0 Å². The van der Waals surface area contributed by atoms with Crippen LogP contribution in [0.2, 0.25) is 0 Å². The largest absolute Gasteiger partial charge is 0.380 e. The minimum atomic E-state index is -0.369. The van der Waals surface area contributed by atoms with Crippen molar-refractivity contribution in [3.05, 3.63) is 67.3 Å². The van der Waals surface area contributed by atoms with Crippen LogP contribution in [0.25, 0.3) is 0 Å². The molecule has 0 radical (unpaired) electrons. The smallest absolute Gasteiger partial charge is 0.293 e. The summed E-state index contributed by atoms with van der Waals surface area (Å²) in [6.07, 6.45) is 0. The van der Waals surface area contributed by atoms with E-state index < -0.39 is 0 Å². The van der Waals surface area contributed by atoms with Gasteiger partial charge in [0.2, 0.25) is 0 Å². The first kappa shape index (κ1) is 15.7. The topological polar surface area (TPSA) is 64.4 Å². The predicted octanol–water partition coefficient (Wildman–Crippen LogP) is 3.96. The number of hydrogen-bond acceptors (Lipinski definition) is 4. The highest BCUT2D eigenvalue weighted by molar-refractivity contribution is 14.1. The lowest BCUT2D eigenvalue weighted by Crippen LogP contribution is -2.03. The van der Waals surface area contributed by atoms with Crippen LogP contribution in [0.4, 0.5) is 11.4 Å². The summed E-state index contributed by atoms with van der Waals surface area (Å²) < 4.78 is 5.94. The Hall–Kier alpha value is -1.67. The van der Waals surface area contributed by atoms with E-state index in [1.54, 1.807) is 19.2 Å². The average molecular weight is 398 g/mol. The van der Waals surface area contributed by atoms with E-state index in [4.69, 9.17) is 4.74 Å². The summed E-state index contributed by atoms with van der Waals surface area (Å²) in [7, 11) is 1.65. The molecule has 6 heteroatoms. The first-order chi connectivity index (χ1) is 10.1. The van der Waals surface area contributed by atoms with Crippen LogP contribution in [-0.4, -0.2) is 12.0 Å². The van der Waals surface area contributed by atoms with Crippen molar-refractivity contribution < 1.29 is 9.66 Å². The second-order valence-electron chi connectivity index (χ2n) is 4.53. The van der Waals surface area contributed by atoms with Gasteiger partial charge in [-0.3, -0.25) is 10.1 Å². The zero-order valence-electron chi connectivity index (χ0n) is 11.5. The van der Waals surface area contributed by atoms with Crippen LogP contribution in [0.5, 0.6) is 0 Å². The van der Waals surface area contributed by atoms with E-state index in [9.17, 15) is 10.1 Å². The van der Waals surface area contributed by atoms with Gasteiger partial charge in [0.25, 0.3) is 5.69 Å². The normalized spacial score (nSPS) is 10.4. The van der Waals surface area contributed by atoms with E-state index >= 15 is 0 Å². The lowest BCUT2D eigenvalue weighted by molar-refractivity contribution is -0.384. The van der Waals surface area contributed by atoms with Crippen LogP contribution in [0.15, 0.2) is 42.5 Å². The second kappa shape index (κ2) is 7.37. The molecule has 0 amide bonds. The summed E-state index contributed by atoms with van der Waals surface area (Å²) in [4.78, 5) is 10.7. The molecule has 1 N–H and O–H groups in total. The fraction of sp³-hybridized carbons (Fsp3) is 0.200. The number of benzene rings is 2. The van der Waals surface area contributed by atoms with Gasteiger partial charge in [-0.2, -0.15) is 0 Å². The highest BCUT2D eigenvalue weighted by Crippen LogP contribution is 2.26. The third kappa shape index (κ3) is 4.40. The number of halogens is 1. The number of nitrogens with zero attached hydrogens (tertiary/aromatic N) is 1. The molecule has 0 unspecified atom stereocenters. The summed E-state index contributed by atoms with van der Waals surface area (Å²) in [6.45, 7) is 1.08. The van der Waals surface area contributed by atoms with Crippen molar-refractivity contribution in [2.24, 2.45) is 0 Å². The molecular weight excluding hydrogens is 383 g/mol. The van der Waals surface area contributed by atoms with Gasteiger partial charge in [-0.25, -0.2) is 0 Å². The van der Waals surface area contributed by atoms with E-state index in [2.05, 4.69) is 27.9 Å². The molecule has 0 saturated heterocycles. The molecule has 0 aliphatic rings. The van der Waals surface area contributed by atoms with Crippen LogP contribution >= 0.6 is 22.6 Å². The second-order valence-corrected chi connectivity index (χ2v) is 5.77. The molecule has 2 aromatic carbocycles. The van der Waals surface area contributed by atoms with Gasteiger partial charge in [0, 0.05) is 23.3 Å². The third-order valence-electron chi connectivity index (χ3n) is 2.94. The maximum atomic E-state index is 11.1. The SMILES string of the molecule is COCc1cccc(CNc2ccc(I)cc2[N+](=O)[O-])c1. The Labute approximate surface area is 136 Å². The molecule has 0 fully saturated rings. The number of nitrogens with one attached hydrogen (secondary N) is 1. The molecule has 0 bridgehead atoms. The first-order valence-corrected chi connectivity index (χ1v) is 7.42. The zero-order valence-corrected chi connectivity index (χ0v) is 13.7. The number of nitro benzene ring substituents is 1. The van der Waals surface area contributed by atoms with Crippen molar-refractivity contribution >= 4 is 34.0 Å². The van der Waals surface area contributed by atoms with E-state index in [0.717, 1.165) is 14.7 Å². The summed E-state index contributed by atoms with van der Waals surface area (Å²) in [5.41, 5.74) is 2.75. The molecule has 0 aliphatic carbocycles. The van der Waals surface area contributed by atoms with Crippen molar-refractivity contribution in [1.29, 1.82) is 0 Å². The Bertz CT molecular complexity index is 647. The fourth-order valence-corrected chi connectivity index (χ4v) is 2.47. The fourth-order valence-electron chi connectivity index (χ4n) is 2.00. The minimum Gasteiger partial charge on any atom is -0.380 e. The number of ether oxygens (including phenoxy) is 1. The van der Waals surface area contributed by atoms with Gasteiger partial charge in [0.1, 0.15) is 5.69 Å². The van der Waals surface area contributed by atoms with E-state index in [1.165, 1.54) is 0 Å². The van der Waals surface area contributed by atoms with Crippen molar-refractivity contribution in [1.82, 2.24) is 0 Å². The van der Waals surface area contributed by atoms with Crippen LogP contribution in [0.3, 0.4) is 0 Å². The maximum absolute atomic E-state index is 11.1. The Morgan fingerprint density at radius 3 is 2.71 bits per heavy atom. The van der Waals surface area contributed by atoms with Gasteiger partial charge in [-0.05, 0) is 45.9 Å². The molecule has 0 spiro atoms. The zero-order chi connectivity index (χ0) is 15.2. The molecule has 5 nitrogen and oxygen atoms in total. The Morgan fingerprint density at radius 1 is 1.24 bits per heavy atom. The average Bonchev–Trinajstić information content (AvgIpc) is 2.46. The van der Waals surface area contributed by atoms with Crippen molar-refractivity contribution in [2.75, 3.05) is 12.4 Å². The third-order valence-corrected chi connectivity index (χ3v) is 3.61. The van der Waals surface area contributed by atoms with E-state index in [-0.39, 0.29) is 10.6 Å². The Morgan fingerprint density at radius 2 is 2.00 bits per heavy atom. The summed E-state index contributed by atoms with van der Waals surface area (Å²) >= 11 is 2.06. The van der Waals surface area contributed by atoms with E-state index in [0.29, 0.717) is 18.8 Å². The highest BCUT2D eigenvalue weighted by atomic mass is 127. The lowest BCUT2D eigenvalue weighted by atomic mass is 10.1. The molecule has 0 heterocycles. The van der Waals surface area contributed by atoms with Crippen LogP contribution in [-0.2, 0) is 17.9 Å². The van der Waals surface area contributed by atoms with Crippen molar-refractivity contribution in [3.63, 3.8) is 0 Å². The Kier molecular flexibility index (Phi) is 5.51. The molecule has 0 saturated carbocycles. The molecule has 21 heavy (non-hydrogen) atoms. The predicted molar refractivity (Wildman–Crippen MR) is 90.3 cm³/mol. The number of anilines is 1. The molecular formula is C15H15IN2O3. The van der Waals surface area contributed by atoms with Gasteiger partial charge < -0.3 is 10.1 Å². The van der Waals surface area contributed by atoms with Gasteiger partial charge in [0.15, 0.2) is 0 Å². The summed E-state index contributed by atoms with van der Waals surface area (Å²) in [5.74, 6) is 0. The molecule has 2 rings (SSSR count).